The van der Waals surface area contributed by atoms with Crippen molar-refractivity contribution in [1.29, 1.82) is 0 Å². The van der Waals surface area contributed by atoms with Crippen LogP contribution in [0.4, 0.5) is 0 Å². The molecule has 1 heterocycles. The van der Waals surface area contributed by atoms with Gasteiger partial charge in [0.2, 0.25) is 0 Å². The number of nitrogens with zero attached hydrogens (tertiary/aromatic N) is 3. The van der Waals surface area contributed by atoms with Crippen LogP contribution in [0.15, 0.2) is 36.5 Å². The maximum absolute atomic E-state index is 11.9. The molecule has 20 heavy (non-hydrogen) atoms. The fraction of sp³-hybridized carbons (Fsp3) is 0.333. The summed E-state index contributed by atoms with van der Waals surface area (Å²) in [6, 6.07) is 9.20. The van der Waals surface area contributed by atoms with E-state index in [1.807, 2.05) is 31.2 Å². The van der Waals surface area contributed by atoms with Crippen molar-refractivity contribution < 1.29 is 9.90 Å². The summed E-state index contributed by atoms with van der Waals surface area (Å²) < 4.78 is 1.63. The number of hydrogen-bond donors (Lipinski definition) is 1. The summed E-state index contributed by atoms with van der Waals surface area (Å²) in [6.45, 7) is 1.92. The zero-order chi connectivity index (χ0) is 14.7. The molecule has 0 saturated heterocycles. The lowest BCUT2D eigenvalue weighted by Crippen LogP contribution is -2.22. The topological polar surface area (TPSA) is 58.4 Å². The Bertz CT molecular complexity index is 605. The average molecular weight is 273 g/mol. The Labute approximate surface area is 118 Å². The Morgan fingerprint density at radius 3 is 2.70 bits per heavy atom. The molecule has 0 spiro atoms. The molecule has 1 N–H and O–H groups in total. The van der Waals surface area contributed by atoms with Gasteiger partial charge in [0.05, 0.1) is 11.8 Å². The second-order valence-corrected chi connectivity index (χ2v) is 4.83. The number of aliphatic hydroxyl groups is 1. The molecule has 2 rings (SSSR count). The highest BCUT2D eigenvalue weighted by molar-refractivity contribution is 5.91. The SMILES string of the molecule is CC[C@H](O)c1ccccc1-n1ccc(C(=O)N(C)C)n1. The van der Waals surface area contributed by atoms with E-state index in [2.05, 4.69) is 5.10 Å². The van der Waals surface area contributed by atoms with Crippen molar-refractivity contribution in [3.63, 3.8) is 0 Å². The fourth-order valence-electron chi connectivity index (χ4n) is 2.00. The Balaban J connectivity index is 2.40. The zero-order valence-electron chi connectivity index (χ0n) is 11.9. The Morgan fingerprint density at radius 2 is 2.05 bits per heavy atom. The molecule has 0 radical (unpaired) electrons. The summed E-state index contributed by atoms with van der Waals surface area (Å²) >= 11 is 0. The van der Waals surface area contributed by atoms with Crippen LogP contribution in [0.25, 0.3) is 5.69 Å². The molecule has 5 nitrogen and oxygen atoms in total. The summed E-state index contributed by atoms with van der Waals surface area (Å²) in [5.41, 5.74) is 1.98. The number of amides is 1. The zero-order valence-corrected chi connectivity index (χ0v) is 11.9. The van der Waals surface area contributed by atoms with Crippen LogP contribution in [-0.4, -0.2) is 39.8 Å². The lowest BCUT2D eigenvalue weighted by molar-refractivity contribution is 0.0821. The minimum atomic E-state index is -0.539. The molecule has 0 aliphatic carbocycles. The van der Waals surface area contributed by atoms with Gasteiger partial charge in [-0.3, -0.25) is 4.79 Å². The van der Waals surface area contributed by atoms with Gasteiger partial charge in [-0.25, -0.2) is 4.68 Å². The van der Waals surface area contributed by atoms with E-state index in [1.54, 1.807) is 31.0 Å². The van der Waals surface area contributed by atoms with Crippen LogP contribution < -0.4 is 0 Å². The van der Waals surface area contributed by atoms with Crippen molar-refractivity contribution in [3.8, 4) is 5.69 Å². The molecule has 0 unspecified atom stereocenters. The first kappa shape index (κ1) is 14.3. The summed E-state index contributed by atoms with van der Waals surface area (Å²) in [4.78, 5) is 13.4. The van der Waals surface area contributed by atoms with Gasteiger partial charge in [-0.2, -0.15) is 5.10 Å². The summed E-state index contributed by atoms with van der Waals surface area (Å²) in [6.07, 6.45) is 1.82. The predicted molar refractivity (Wildman–Crippen MR) is 76.8 cm³/mol. The Kier molecular flexibility index (Phi) is 4.20. The highest BCUT2D eigenvalue weighted by atomic mass is 16.3. The number of para-hydroxylation sites is 1. The van der Waals surface area contributed by atoms with E-state index in [9.17, 15) is 9.90 Å². The first-order valence-electron chi connectivity index (χ1n) is 6.59. The minimum absolute atomic E-state index is 0.141. The molecule has 5 heteroatoms. The number of benzene rings is 1. The number of aromatic nitrogens is 2. The fourth-order valence-corrected chi connectivity index (χ4v) is 2.00. The van der Waals surface area contributed by atoms with Gasteiger partial charge in [-0.1, -0.05) is 25.1 Å². The molecule has 1 aromatic carbocycles. The average Bonchev–Trinajstić information content (AvgIpc) is 2.95. The standard InChI is InChI=1S/C15H19N3O2/c1-4-14(19)11-7-5-6-8-13(11)18-10-9-12(16-18)15(20)17(2)3/h5-10,14,19H,4H2,1-3H3/t14-/m0/s1. The van der Waals surface area contributed by atoms with Crippen LogP contribution in [0.2, 0.25) is 0 Å². The van der Waals surface area contributed by atoms with Crippen molar-refractivity contribution in [3.05, 3.63) is 47.8 Å². The summed E-state index contributed by atoms with van der Waals surface area (Å²) in [5, 5.41) is 14.4. The van der Waals surface area contributed by atoms with E-state index >= 15 is 0 Å². The molecule has 1 atom stereocenters. The van der Waals surface area contributed by atoms with Gasteiger partial charge >= 0.3 is 0 Å². The van der Waals surface area contributed by atoms with Crippen LogP contribution in [0, 0.1) is 0 Å². The van der Waals surface area contributed by atoms with Crippen LogP contribution in [-0.2, 0) is 0 Å². The van der Waals surface area contributed by atoms with Gasteiger partial charge in [0.15, 0.2) is 5.69 Å². The third-order valence-electron chi connectivity index (χ3n) is 3.14. The van der Waals surface area contributed by atoms with Crippen LogP contribution in [0.1, 0.15) is 35.5 Å². The molecule has 1 amide bonds. The van der Waals surface area contributed by atoms with Crippen molar-refractivity contribution in [2.75, 3.05) is 14.1 Å². The van der Waals surface area contributed by atoms with E-state index in [1.165, 1.54) is 4.90 Å². The van der Waals surface area contributed by atoms with Crippen LogP contribution in [0.3, 0.4) is 0 Å². The molecule has 0 bridgehead atoms. The molecule has 0 aliphatic heterocycles. The lowest BCUT2D eigenvalue weighted by atomic mass is 10.1. The number of aliphatic hydroxyl groups excluding tert-OH is 1. The molecular weight excluding hydrogens is 254 g/mol. The van der Waals surface area contributed by atoms with Crippen LogP contribution in [0.5, 0.6) is 0 Å². The number of carbonyl (C=O) groups excluding carboxylic acids is 1. The van der Waals surface area contributed by atoms with Gasteiger partial charge in [0.25, 0.3) is 5.91 Å². The van der Waals surface area contributed by atoms with Gasteiger partial charge in [0.1, 0.15) is 0 Å². The molecule has 2 aromatic rings. The van der Waals surface area contributed by atoms with Crippen molar-refractivity contribution in [2.45, 2.75) is 19.4 Å². The normalized spacial score (nSPS) is 12.2. The van der Waals surface area contributed by atoms with Crippen molar-refractivity contribution in [1.82, 2.24) is 14.7 Å². The van der Waals surface area contributed by atoms with Crippen LogP contribution >= 0.6 is 0 Å². The molecule has 0 saturated carbocycles. The quantitative estimate of drug-likeness (QED) is 0.927. The number of hydrogen-bond acceptors (Lipinski definition) is 3. The second-order valence-electron chi connectivity index (χ2n) is 4.83. The van der Waals surface area contributed by atoms with Gasteiger partial charge < -0.3 is 10.0 Å². The van der Waals surface area contributed by atoms with E-state index in [-0.39, 0.29) is 5.91 Å². The smallest absolute Gasteiger partial charge is 0.273 e. The van der Waals surface area contributed by atoms with Gasteiger partial charge in [-0.05, 0) is 18.6 Å². The van der Waals surface area contributed by atoms with Crippen molar-refractivity contribution in [2.24, 2.45) is 0 Å². The van der Waals surface area contributed by atoms with E-state index in [0.717, 1.165) is 11.3 Å². The Hall–Kier alpha value is -2.14. The van der Waals surface area contributed by atoms with Crippen molar-refractivity contribution >= 4 is 5.91 Å². The molecule has 106 valence electrons. The Morgan fingerprint density at radius 1 is 1.35 bits per heavy atom. The molecule has 0 fully saturated rings. The number of carbonyl (C=O) groups is 1. The summed E-state index contributed by atoms with van der Waals surface area (Å²) in [5.74, 6) is -0.141. The van der Waals surface area contributed by atoms with E-state index < -0.39 is 6.10 Å². The first-order valence-corrected chi connectivity index (χ1v) is 6.59. The third-order valence-corrected chi connectivity index (χ3v) is 3.14. The molecule has 1 aromatic heterocycles. The highest BCUT2D eigenvalue weighted by Gasteiger charge is 2.15. The molecular formula is C15H19N3O2. The maximum Gasteiger partial charge on any atom is 0.273 e. The monoisotopic (exact) mass is 273 g/mol. The maximum atomic E-state index is 11.9. The molecule has 0 aliphatic rings. The third kappa shape index (κ3) is 2.72. The highest BCUT2D eigenvalue weighted by Crippen LogP contribution is 2.23. The second kappa shape index (κ2) is 5.88. The van der Waals surface area contributed by atoms with Gasteiger partial charge in [0, 0.05) is 25.9 Å². The minimum Gasteiger partial charge on any atom is -0.388 e. The lowest BCUT2D eigenvalue weighted by Gasteiger charge is -2.14. The van der Waals surface area contributed by atoms with E-state index in [4.69, 9.17) is 0 Å². The first-order chi connectivity index (χ1) is 9.54. The van der Waals surface area contributed by atoms with Gasteiger partial charge in [-0.15, -0.1) is 0 Å². The van der Waals surface area contributed by atoms with E-state index in [0.29, 0.717) is 12.1 Å². The number of rotatable bonds is 4. The summed E-state index contributed by atoms with van der Waals surface area (Å²) in [7, 11) is 3.38. The largest absolute Gasteiger partial charge is 0.388 e. The predicted octanol–water partition coefficient (Wildman–Crippen LogP) is 2.02.